The Kier molecular flexibility index (Phi) is 2.10. The van der Waals surface area contributed by atoms with Gasteiger partial charge in [0, 0.05) is 12.7 Å². The molecule has 6 heteroatoms. The molecule has 0 aromatic carbocycles. The van der Waals surface area contributed by atoms with Gasteiger partial charge in [0.25, 0.3) is 0 Å². The molecule has 0 spiro atoms. The first-order valence-corrected chi connectivity index (χ1v) is 4.24. The molecular weight excluding hydrogens is 182 g/mol. The molecule has 0 saturated carbocycles. The Morgan fingerprint density at radius 2 is 2.43 bits per heavy atom. The number of hydrogen-bond acceptors (Lipinski definition) is 4. The lowest BCUT2D eigenvalue weighted by Crippen LogP contribution is -2.00. The Bertz CT molecular complexity index is 430. The summed E-state index contributed by atoms with van der Waals surface area (Å²) in [6.45, 7) is 2.70. The van der Waals surface area contributed by atoms with Crippen LogP contribution in [0.1, 0.15) is 23.0 Å². The summed E-state index contributed by atoms with van der Waals surface area (Å²) in [6.07, 6.45) is 4.61. The highest BCUT2D eigenvalue weighted by atomic mass is 16.1. The van der Waals surface area contributed by atoms with Crippen LogP contribution in [0.25, 0.3) is 0 Å². The number of hydrogen-bond donors (Lipinski definition) is 1. The maximum Gasteiger partial charge on any atom is 0.218 e. The van der Waals surface area contributed by atoms with Gasteiger partial charge in [-0.3, -0.25) is 9.48 Å². The third kappa shape index (κ3) is 1.41. The van der Waals surface area contributed by atoms with Crippen LogP contribution >= 0.6 is 0 Å². The molecule has 0 saturated heterocycles. The minimum absolute atomic E-state index is 0.168. The number of ketones is 1. The number of carbonyl (C=O) groups excluding carboxylic acids is 1. The van der Waals surface area contributed by atoms with Crippen LogP contribution in [-0.4, -0.2) is 31.0 Å². The highest BCUT2D eigenvalue weighted by Gasteiger charge is 2.13. The van der Waals surface area contributed by atoms with Gasteiger partial charge in [-0.2, -0.15) is 20.5 Å². The van der Waals surface area contributed by atoms with Crippen molar-refractivity contribution in [2.45, 2.75) is 13.5 Å². The van der Waals surface area contributed by atoms with Gasteiger partial charge in [-0.15, -0.1) is 0 Å². The number of H-pyrrole nitrogens is 1. The highest BCUT2D eigenvalue weighted by Crippen LogP contribution is 2.04. The quantitative estimate of drug-likeness (QED) is 0.705. The van der Waals surface area contributed by atoms with Crippen molar-refractivity contribution >= 4 is 5.78 Å². The zero-order valence-electron chi connectivity index (χ0n) is 7.64. The molecule has 0 atom stereocenters. The third-order valence-electron chi connectivity index (χ3n) is 1.87. The Hall–Kier alpha value is -1.98. The van der Waals surface area contributed by atoms with Gasteiger partial charge in [-0.25, -0.2) is 0 Å². The number of carbonyl (C=O) groups is 1. The number of aromatic amines is 1. The topological polar surface area (TPSA) is 76.5 Å². The van der Waals surface area contributed by atoms with Gasteiger partial charge in [0.2, 0.25) is 5.78 Å². The lowest BCUT2D eigenvalue weighted by molar-refractivity contribution is 0.103. The summed E-state index contributed by atoms with van der Waals surface area (Å²) < 4.78 is 1.69. The third-order valence-corrected chi connectivity index (χ3v) is 1.87. The molecule has 2 aromatic rings. The standard InChI is InChI=1S/C8H9N5O/c1-2-13-5-6(3-10-13)8(14)7-4-9-12-11-7/h3-5H,2H2,1H3,(H,9,11,12). The second-order valence-corrected chi connectivity index (χ2v) is 2.77. The number of aromatic nitrogens is 5. The Morgan fingerprint density at radius 3 is 3.00 bits per heavy atom. The van der Waals surface area contributed by atoms with Crippen LogP contribution < -0.4 is 0 Å². The van der Waals surface area contributed by atoms with Crippen molar-refractivity contribution in [2.75, 3.05) is 0 Å². The number of aryl methyl sites for hydroxylation is 1. The molecule has 2 aromatic heterocycles. The van der Waals surface area contributed by atoms with E-state index in [1.807, 2.05) is 6.92 Å². The van der Waals surface area contributed by atoms with Crippen molar-refractivity contribution < 1.29 is 4.79 Å². The van der Waals surface area contributed by atoms with Crippen molar-refractivity contribution in [3.05, 3.63) is 29.8 Å². The summed E-state index contributed by atoms with van der Waals surface area (Å²) in [4.78, 5) is 11.7. The van der Waals surface area contributed by atoms with E-state index >= 15 is 0 Å². The summed E-state index contributed by atoms with van der Waals surface area (Å²) >= 11 is 0. The summed E-state index contributed by atoms with van der Waals surface area (Å²) in [5.41, 5.74) is 0.835. The minimum Gasteiger partial charge on any atom is -0.287 e. The van der Waals surface area contributed by atoms with Crippen LogP contribution in [0.15, 0.2) is 18.6 Å². The molecule has 1 N–H and O–H groups in total. The first kappa shape index (κ1) is 8.61. The van der Waals surface area contributed by atoms with Gasteiger partial charge in [-0.05, 0) is 6.92 Å². The number of nitrogens with zero attached hydrogens (tertiary/aromatic N) is 4. The smallest absolute Gasteiger partial charge is 0.218 e. The first-order valence-electron chi connectivity index (χ1n) is 4.24. The van der Waals surface area contributed by atoms with Gasteiger partial charge in [0.1, 0.15) is 0 Å². The van der Waals surface area contributed by atoms with Crippen LogP contribution in [0.2, 0.25) is 0 Å². The molecule has 2 rings (SSSR count). The minimum atomic E-state index is -0.168. The first-order chi connectivity index (χ1) is 6.81. The van der Waals surface area contributed by atoms with Crippen LogP contribution in [0.5, 0.6) is 0 Å². The van der Waals surface area contributed by atoms with Crippen molar-refractivity contribution in [3.8, 4) is 0 Å². The average molecular weight is 191 g/mol. The van der Waals surface area contributed by atoms with E-state index in [1.54, 1.807) is 10.9 Å². The molecule has 0 radical (unpaired) electrons. The molecule has 72 valence electrons. The zero-order valence-corrected chi connectivity index (χ0v) is 7.64. The molecular formula is C8H9N5O. The Balaban J connectivity index is 2.28. The fourth-order valence-electron chi connectivity index (χ4n) is 1.11. The molecule has 14 heavy (non-hydrogen) atoms. The average Bonchev–Trinajstić information content (AvgIpc) is 2.88. The Labute approximate surface area is 79.9 Å². The largest absolute Gasteiger partial charge is 0.287 e. The Morgan fingerprint density at radius 1 is 1.57 bits per heavy atom. The fraction of sp³-hybridized carbons (Fsp3) is 0.250. The predicted molar refractivity (Wildman–Crippen MR) is 47.7 cm³/mol. The molecule has 6 nitrogen and oxygen atoms in total. The van der Waals surface area contributed by atoms with Crippen molar-refractivity contribution in [3.63, 3.8) is 0 Å². The molecule has 2 heterocycles. The van der Waals surface area contributed by atoms with Crippen LogP contribution in [0.4, 0.5) is 0 Å². The van der Waals surface area contributed by atoms with E-state index in [0.29, 0.717) is 11.3 Å². The summed E-state index contributed by atoms with van der Waals surface area (Å²) in [6, 6.07) is 0. The molecule has 0 fully saturated rings. The predicted octanol–water partition coefficient (Wildman–Crippen LogP) is 0.252. The highest BCUT2D eigenvalue weighted by molar-refractivity contribution is 6.07. The maximum absolute atomic E-state index is 11.7. The van der Waals surface area contributed by atoms with E-state index < -0.39 is 0 Å². The number of nitrogens with one attached hydrogen (secondary N) is 1. The van der Waals surface area contributed by atoms with E-state index in [-0.39, 0.29) is 5.78 Å². The molecule has 0 unspecified atom stereocenters. The molecule has 0 aliphatic rings. The monoisotopic (exact) mass is 191 g/mol. The summed E-state index contributed by atoms with van der Waals surface area (Å²) in [5, 5.41) is 13.7. The van der Waals surface area contributed by atoms with E-state index in [4.69, 9.17) is 0 Å². The lowest BCUT2D eigenvalue weighted by atomic mass is 10.2. The maximum atomic E-state index is 11.7. The van der Waals surface area contributed by atoms with Gasteiger partial charge in [-0.1, -0.05) is 0 Å². The second-order valence-electron chi connectivity index (χ2n) is 2.77. The van der Waals surface area contributed by atoms with Crippen molar-refractivity contribution in [1.29, 1.82) is 0 Å². The van der Waals surface area contributed by atoms with Gasteiger partial charge >= 0.3 is 0 Å². The molecule has 0 bridgehead atoms. The van der Waals surface area contributed by atoms with Gasteiger partial charge < -0.3 is 0 Å². The molecule has 0 aliphatic carbocycles. The van der Waals surface area contributed by atoms with Crippen molar-refractivity contribution in [2.24, 2.45) is 0 Å². The summed E-state index contributed by atoms with van der Waals surface area (Å²) in [7, 11) is 0. The van der Waals surface area contributed by atoms with Crippen molar-refractivity contribution in [1.82, 2.24) is 25.2 Å². The van der Waals surface area contributed by atoms with Gasteiger partial charge in [0.15, 0.2) is 5.69 Å². The van der Waals surface area contributed by atoms with E-state index in [1.165, 1.54) is 12.4 Å². The van der Waals surface area contributed by atoms with E-state index in [2.05, 4.69) is 20.5 Å². The second kappa shape index (κ2) is 3.41. The number of rotatable bonds is 3. The van der Waals surface area contributed by atoms with Gasteiger partial charge in [0.05, 0.1) is 18.0 Å². The summed E-state index contributed by atoms with van der Waals surface area (Å²) in [5.74, 6) is -0.168. The van der Waals surface area contributed by atoms with Crippen LogP contribution in [0.3, 0.4) is 0 Å². The van der Waals surface area contributed by atoms with E-state index in [0.717, 1.165) is 6.54 Å². The SMILES string of the molecule is CCn1cc(C(=O)c2cn[nH]n2)cn1. The fourth-order valence-corrected chi connectivity index (χ4v) is 1.11. The van der Waals surface area contributed by atoms with Crippen LogP contribution in [-0.2, 0) is 6.54 Å². The molecule has 0 amide bonds. The normalized spacial score (nSPS) is 10.4. The van der Waals surface area contributed by atoms with Crippen LogP contribution in [0, 0.1) is 0 Å². The molecule has 0 aliphatic heterocycles. The lowest BCUT2D eigenvalue weighted by Gasteiger charge is -1.91. The van der Waals surface area contributed by atoms with E-state index in [9.17, 15) is 4.79 Å². The zero-order chi connectivity index (χ0) is 9.97.